The summed E-state index contributed by atoms with van der Waals surface area (Å²) in [7, 11) is 1.90. The van der Waals surface area contributed by atoms with E-state index in [1.807, 2.05) is 44.6 Å². The summed E-state index contributed by atoms with van der Waals surface area (Å²) < 4.78 is 3.57. The largest absolute Gasteiger partial charge is 0.354 e. The van der Waals surface area contributed by atoms with E-state index in [1.165, 1.54) is 0 Å². The molecule has 2 heterocycles. The molecule has 0 saturated heterocycles. The molecule has 0 aromatic carbocycles. The van der Waals surface area contributed by atoms with Crippen molar-refractivity contribution < 1.29 is 4.79 Å². The van der Waals surface area contributed by atoms with Gasteiger partial charge in [-0.1, -0.05) is 0 Å². The first kappa shape index (κ1) is 14.3. The zero-order valence-corrected chi connectivity index (χ0v) is 12.4. The number of nitrogens with zero attached hydrogens (tertiary/aromatic N) is 4. The average molecular weight is 275 g/mol. The Kier molecular flexibility index (Phi) is 4.22. The minimum atomic E-state index is -0.296. The molecule has 1 amide bonds. The summed E-state index contributed by atoms with van der Waals surface area (Å²) >= 11 is 0. The fraction of sp³-hybridized carbons (Fsp3) is 0.500. The molecule has 0 aliphatic heterocycles. The van der Waals surface area contributed by atoms with Crippen LogP contribution in [0.15, 0.2) is 18.3 Å². The van der Waals surface area contributed by atoms with Crippen molar-refractivity contribution in [1.82, 2.24) is 24.9 Å². The number of hydrogen-bond acceptors (Lipinski definition) is 3. The highest BCUT2D eigenvalue weighted by Gasteiger charge is 2.17. The quantitative estimate of drug-likeness (QED) is 0.890. The first-order chi connectivity index (χ1) is 9.49. The molecule has 0 aliphatic carbocycles. The molecule has 0 aliphatic rings. The third kappa shape index (κ3) is 3.07. The molecule has 2 rings (SSSR count). The normalized spacial score (nSPS) is 12.4. The van der Waals surface area contributed by atoms with Crippen molar-refractivity contribution in [3.63, 3.8) is 0 Å². The maximum absolute atomic E-state index is 12.1. The van der Waals surface area contributed by atoms with Gasteiger partial charge in [-0.2, -0.15) is 10.2 Å². The topological polar surface area (TPSA) is 64.7 Å². The number of carbonyl (C=O) groups excluding carboxylic acids is 1. The van der Waals surface area contributed by atoms with E-state index < -0.39 is 0 Å². The fourth-order valence-corrected chi connectivity index (χ4v) is 2.26. The van der Waals surface area contributed by atoms with E-state index in [-0.39, 0.29) is 11.9 Å². The second-order valence-corrected chi connectivity index (χ2v) is 5.03. The Hall–Kier alpha value is -2.11. The Morgan fingerprint density at radius 1 is 1.45 bits per heavy atom. The van der Waals surface area contributed by atoms with Crippen LogP contribution in [-0.2, 0) is 18.3 Å². The van der Waals surface area contributed by atoms with Crippen molar-refractivity contribution in [1.29, 1.82) is 0 Å². The van der Waals surface area contributed by atoms with Gasteiger partial charge in [-0.3, -0.25) is 14.2 Å². The summed E-state index contributed by atoms with van der Waals surface area (Å²) in [5.41, 5.74) is 3.03. The number of amides is 1. The lowest BCUT2D eigenvalue weighted by Gasteiger charge is -2.14. The van der Waals surface area contributed by atoms with Gasteiger partial charge in [0.25, 0.3) is 0 Å². The number of aryl methyl sites for hydroxylation is 3. The third-order valence-electron chi connectivity index (χ3n) is 3.39. The molecule has 1 atom stereocenters. The summed E-state index contributed by atoms with van der Waals surface area (Å²) in [5, 5.41) is 11.4. The molecule has 0 radical (unpaired) electrons. The molecule has 0 saturated carbocycles. The van der Waals surface area contributed by atoms with Crippen LogP contribution in [-0.4, -0.2) is 32.0 Å². The second kappa shape index (κ2) is 5.90. The van der Waals surface area contributed by atoms with E-state index in [0.717, 1.165) is 23.5 Å². The Labute approximate surface area is 118 Å². The van der Waals surface area contributed by atoms with Gasteiger partial charge >= 0.3 is 0 Å². The van der Waals surface area contributed by atoms with Crippen molar-refractivity contribution in [3.8, 4) is 0 Å². The molecule has 20 heavy (non-hydrogen) atoms. The van der Waals surface area contributed by atoms with Crippen molar-refractivity contribution in [2.75, 3.05) is 6.54 Å². The van der Waals surface area contributed by atoms with Gasteiger partial charge in [0, 0.05) is 37.6 Å². The van der Waals surface area contributed by atoms with Crippen LogP contribution in [0.5, 0.6) is 0 Å². The van der Waals surface area contributed by atoms with Crippen molar-refractivity contribution >= 4 is 5.91 Å². The van der Waals surface area contributed by atoms with Gasteiger partial charge in [-0.25, -0.2) is 0 Å². The Bertz CT molecular complexity index is 598. The van der Waals surface area contributed by atoms with Crippen molar-refractivity contribution in [2.45, 2.75) is 33.2 Å². The minimum Gasteiger partial charge on any atom is -0.354 e. The van der Waals surface area contributed by atoms with Gasteiger partial charge in [0.1, 0.15) is 6.04 Å². The predicted octanol–water partition coefficient (Wildman–Crippen LogP) is 1.15. The van der Waals surface area contributed by atoms with E-state index in [4.69, 9.17) is 0 Å². The molecule has 0 fully saturated rings. The first-order valence-corrected chi connectivity index (χ1v) is 6.76. The summed E-state index contributed by atoms with van der Waals surface area (Å²) in [6.45, 7) is 6.34. The van der Waals surface area contributed by atoms with Gasteiger partial charge in [0.2, 0.25) is 5.91 Å². The maximum atomic E-state index is 12.1. The molecular weight excluding hydrogens is 254 g/mol. The molecular formula is C14H21N5O. The minimum absolute atomic E-state index is 0.0154. The van der Waals surface area contributed by atoms with Gasteiger partial charge in [0.05, 0.1) is 5.69 Å². The summed E-state index contributed by atoms with van der Waals surface area (Å²) in [6, 6.07) is 3.63. The van der Waals surface area contributed by atoms with Gasteiger partial charge < -0.3 is 5.32 Å². The molecule has 1 N–H and O–H groups in total. The fourth-order valence-electron chi connectivity index (χ4n) is 2.26. The van der Waals surface area contributed by atoms with E-state index in [0.29, 0.717) is 6.54 Å². The molecule has 6 heteroatoms. The van der Waals surface area contributed by atoms with Crippen LogP contribution in [0.25, 0.3) is 0 Å². The molecule has 108 valence electrons. The van der Waals surface area contributed by atoms with E-state index >= 15 is 0 Å². The summed E-state index contributed by atoms with van der Waals surface area (Å²) in [4.78, 5) is 12.1. The van der Waals surface area contributed by atoms with Crippen molar-refractivity contribution in [2.24, 2.45) is 7.05 Å². The number of aromatic nitrogens is 4. The van der Waals surface area contributed by atoms with E-state index in [9.17, 15) is 4.79 Å². The monoisotopic (exact) mass is 275 g/mol. The summed E-state index contributed by atoms with van der Waals surface area (Å²) in [6.07, 6.45) is 2.53. The molecule has 0 spiro atoms. The number of carbonyl (C=O) groups is 1. The van der Waals surface area contributed by atoms with E-state index in [1.54, 1.807) is 10.9 Å². The van der Waals surface area contributed by atoms with Crippen LogP contribution in [0.3, 0.4) is 0 Å². The number of nitrogens with one attached hydrogen (secondary N) is 1. The zero-order valence-electron chi connectivity index (χ0n) is 12.4. The van der Waals surface area contributed by atoms with Gasteiger partial charge in [-0.05, 0) is 32.9 Å². The molecule has 2 aromatic rings. The second-order valence-electron chi connectivity index (χ2n) is 5.03. The Morgan fingerprint density at radius 2 is 2.20 bits per heavy atom. The highest BCUT2D eigenvalue weighted by molar-refractivity contribution is 5.79. The summed E-state index contributed by atoms with van der Waals surface area (Å²) in [5.74, 6) is -0.0154. The van der Waals surface area contributed by atoms with Crippen LogP contribution in [0, 0.1) is 13.8 Å². The SMILES string of the molecule is Cc1cc(C)n([C@@H](C)C(=O)NCCc2ccnn2C)n1. The van der Waals surface area contributed by atoms with Crippen LogP contribution in [0.2, 0.25) is 0 Å². The van der Waals surface area contributed by atoms with E-state index in [2.05, 4.69) is 15.5 Å². The highest BCUT2D eigenvalue weighted by Crippen LogP contribution is 2.10. The number of rotatable bonds is 5. The molecule has 0 bridgehead atoms. The predicted molar refractivity (Wildman–Crippen MR) is 76.3 cm³/mol. The van der Waals surface area contributed by atoms with Crippen molar-refractivity contribution in [3.05, 3.63) is 35.4 Å². The molecule has 2 aromatic heterocycles. The van der Waals surface area contributed by atoms with Gasteiger partial charge in [-0.15, -0.1) is 0 Å². The Morgan fingerprint density at radius 3 is 2.75 bits per heavy atom. The lowest BCUT2D eigenvalue weighted by Crippen LogP contribution is -2.33. The van der Waals surface area contributed by atoms with Crippen LogP contribution in [0.1, 0.15) is 30.0 Å². The smallest absolute Gasteiger partial charge is 0.244 e. The average Bonchev–Trinajstić information content (AvgIpc) is 2.94. The lowest BCUT2D eigenvalue weighted by atomic mass is 10.2. The Balaban J connectivity index is 1.89. The maximum Gasteiger partial charge on any atom is 0.244 e. The molecule has 6 nitrogen and oxygen atoms in total. The number of hydrogen-bond donors (Lipinski definition) is 1. The lowest BCUT2D eigenvalue weighted by molar-refractivity contribution is -0.124. The van der Waals surface area contributed by atoms with Crippen LogP contribution >= 0.6 is 0 Å². The third-order valence-corrected chi connectivity index (χ3v) is 3.39. The molecule has 0 unspecified atom stereocenters. The first-order valence-electron chi connectivity index (χ1n) is 6.76. The standard InChI is InChI=1S/C14H21N5O/c1-10-9-11(2)19(17-10)12(3)14(20)15-7-5-13-6-8-16-18(13)4/h6,8-9,12H,5,7H2,1-4H3,(H,15,20)/t12-/m0/s1. The van der Waals surface area contributed by atoms with Crippen LogP contribution < -0.4 is 5.32 Å². The van der Waals surface area contributed by atoms with Gasteiger partial charge in [0.15, 0.2) is 0 Å². The van der Waals surface area contributed by atoms with Crippen LogP contribution in [0.4, 0.5) is 0 Å². The zero-order chi connectivity index (χ0) is 14.7. The highest BCUT2D eigenvalue weighted by atomic mass is 16.2.